The molecule has 4 rings (SSSR count). The predicted octanol–water partition coefficient (Wildman–Crippen LogP) is 6.08. The van der Waals surface area contributed by atoms with Crippen LogP contribution in [0.25, 0.3) is 16.9 Å². The minimum absolute atomic E-state index is 0.00867. The van der Waals surface area contributed by atoms with Gasteiger partial charge in [0.15, 0.2) is 11.3 Å². The second-order valence-corrected chi connectivity index (χ2v) is 9.12. The summed E-state index contributed by atoms with van der Waals surface area (Å²) in [6.45, 7) is 0.0361. The van der Waals surface area contributed by atoms with E-state index in [9.17, 15) is 22.8 Å². The van der Waals surface area contributed by atoms with E-state index < -0.39 is 23.7 Å². The van der Waals surface area contributed by atoms with Gasteiger partial charge in [-0.05, 0) is 44.4 Å². The molecule has 0 fully saturated rings. The molecule has 0 spiro atoms. The third-order valence-electron chi connectivity index (χ3n) is 5.27. The lowest BCUT2D eigenvalue weighted by Gasteiger charge is -2.15. The lowest BCUT2D eigenvalue weighted by molar-refractivity contribution is -0.140. The third-order valence-corrected chi connectivity index (χ3v) is 5.90. The van der Waals surface area contributed by atoms with Crippen LogP contribution in [0.3, 0.4) is 0 Å². The zero-order valence-electron chi connectivity index (χ0n) is 19.5. The molecule has 0 aliphatic rings. The Morgan fingerprint density at radius 3 is 2.24 bits per heavy atom. The summed E-state index contributed by atoms with van der Waals surface area (Å²) in [7, 11) is 3.40. The molecule has 7 nitrogen and oxygen atoms in total. The van der Waals surface area contributed by atoms with E-state index in [-0.39, 0.29) is 50.4 Å². The number of hydrogen-bond acceptors (Lipinski definition) is 4. The maximum Gasteiger partial charge on any atom is 0.435 e. The molecule has 4 aromatic rings. The molecule has 0 atom stereocenters. The second-order valence-electron chi connectivity index (χ2n) is 8.30. The van der Waals surface area contributed by atoms with Crippen LogP contribution in [0.2, 0.25) is 10.0 Å². The Morgan fingerprint density at radius 2 is 1.59 bits per heavy atom. The number of pyridine rings is 1. The average molecular weight is 550 g/mol. The number of para-hydroxylation sites is 1. The molecule has 2 amide bonds. The van der Waals surface area contributed by atoms with Gasteiger partial charge in [0, 0.05) is 11.8 Å². The first-order valence-corrected chi connectivity index (χ1v) is 11.6. The Kier molecular flexibility index (Phi) is 7.44. The van der Waals surface area contributed by atoms with Gasteiger partial charge in [-0.2, -0.15) is 13.2 Å². The van der Waals surface area contributed by atoms with Crippen molar-refractivity contribution in [1.29, 1.82) is 0 Å². The number of nitrogens with zero attached hydrogens (tertiary/aromatic N) is 3. The summed E-state index contributed by atoms with van der Waals surface area (Å²) >= 11 is 12.2. The van der Waals surface area contributed by atoms with Crippen molar-refractivity contribution in [3.8, 4) is 11.3 Å². The van der Waals surface area contributed by atoms with Crippen molar-refractivity contribution in [1.82, 2.24) is 14.3 Å². The molecule has 0 unspecified atom stereocenters. The first-order chi connectivity index (χ1) is 17.5. The van der Waals surface area contributed by atoms with Crippen LogP contribution in [0.5, 0.6) is 0 Å². The highest BCUT2D eigenvalue weighted by molar-refractivity contribution is 6.40. The molecule has 192 valence electrons. The van der Waals surface area contributed by atoms with Crippen LogP contribution in [0.15, 0.2) is 60.8 Å². The Bertz CT molecular complexity index is 1480. The minimum atomic E-state index is -4.84. The quantitative estimate of drug-likeness (QED) is 0.305. The summed E-state index contributed by atoms with van der Waals surface area (Å²) in [4.78, 5) is 30.8. The number of carbonyl (C=O) groups excluding carboxylic acids is 2. The summed E-state index contributed by atoms with van der Waals surface area (Å²) in [6, 6.07) is 13.5. The fourth-order valence-corrected chi connectivity index (χ4v) is 4.36. The molecular weight excluding hydrogens is 530 g/mol. The molecule has 0 radical (unpaired) electrons. The Morgan fingerprint density at radius 1 is 0.946 bits per heavy atom. The molecule has 37 heavy (non-hydrogen) atoms. The molecule has 0 aliphatic heterocycles. The summed E-state index contributed by atoms with van der Waals surface area (Å²) < 4.78 is 43.8. The van der Waals surface area contributed by atoms with Crippen molar-refractivity contribution in [2.24, 2.45) is 0 Å². The number of likely N-dealkylation sites (N-methyl/N-ethyl adjacent to an activating group) is 1. The van der Waals surface area contributed by atoms with Crippen LogP contribution in [0.4, 0.5) is 24.5 Å². The van der Waals surface area contributed by atoms with Gasteiger partial charge in [-0.3, -0.25) is 14.0 Å². The number of imidazole rings is 1. The van der Waals surface area contributed by atoms with Crippen LogP contribution in [-0.4, -0.2) is 46.7 Å². The molecule has 2 heterocycles. The lowest BCUT2D eigenvalue weighted by atomic mass is 10.1. The third kappa shape index (κ3) is 5.56. The Labute approximate surface area is 219 Å². The normalized spacial score (nSPS) is 11.7. The SMILES string of the molecule is CN(C)CC(=O)Nc1ccccc1-c1c(C(F)(F)F)nc2c(NC(=O)c3c(Cl)cccc3Cl)cccn12. The van der Waals surface area contributed by atoms with E-state index in [1.54, 1.807) is 37.2 Å². The minimum Gasteiger partial charge on any atom is -0.324 e. The van der Waals surface area contributed by atoms with Gasteiger partial charge in [-0.15, -0.1) is 0 Å². The first-order valence-electron chi connectivity index (χ1n) is 10.8. The Hall–Kier alpha value is -3.60. The molecule has 0 aliphatic carbocycles. The highest BCUT2D eigenvalue weighted by Gasteiger charge is 2.39. The van der Waals surface area contributed by atoms with E-state index in [0.29, 0.717) is 0 Å². The van der Waals surface area contributed by atoms with Gasteiger partial charge in [0.2, 0.25) is 5.91 Å². The van der Waals surface area contributed by atoms with Gasteiger partial charge in [-0.1, -0.05) is 47.5 Å². The van der Waals surface area contributed by atoms with Gasteiger partial charge in [0.05, 0.1) is 39.2 Å². The van der Waals surface area contributed by atoms with E-state index in [0.717, 1.165) is 0 Å². The maximum atomic E-state index is 14.2. The fourth-order valence-electron chi connectivity index (χ4n) is 3.80. The van der Waals surface area contributed by atoms with Crippen molar-refractivity contribution in [3.05, 3.63) is 82.1 Å². The molecule has 0 saturated heterocycles. The molecule has 2 aromatic carbocycles. The molecular formula is C25H20Cl2F3N5O2. The summed E-state index contributed by atoms with van der Waals surface area (Å²) in [5.41, 5.74) is -1.37. The monoisotopic (exact) mass is 549 g/mol. The smallest absolute Gasteiger partial charge is 0.324 e. The van der Waals surface area contributed by atoms with Crippen molar-refractivity contribution in [2.75, 3.05) is 31.3 Å². The number of fused-ring (bicyclic) bond motifs is 1. The summed E-state index contributed by atoms with van der Waals surface area (Å²) in [5, 5.41) is 5.39. The largest absolute Gasteiger partial charge is 0.435 e. The van der Waals surface area contributed by atoms with Crippen LogP contribution >= 0.6 is 23.2 Å². The van der Waals surface area contributed by atoms with Crippen LogP contribution in [0, 0.1) is 0 Å². The zero-order valence-corrected chi connectivity index (χ0v) is 21.0. The number of carbonyl (C=O) groups is 2. The zero-order chi connectivity index (χ0) is 26.9. The molecule has 2 N–H and O–H groups in total. The van der Waals surface area contributed by atoms with Crippen molar-refractivity contribution < 1.29 is 22.8 Å². The van der Waals surface area contributed by atoms with Crippen LogP contribution in [-0.2, 0) is 11.0 Å². The standard InChI is InChI=1S/C25H20Cl2F3N5O2/c1-34(2)13-19(36)31-17-10-4-3-7-14(17)21-22(25(28,29)30)33-23-18(11-6-12-35(21)23)32-24(37)20-15(26)8-5-9-16(20)27/h3-12H,13H2,1-2H3,(H,31,36)(H,32,37). The van der Waals surface area contributed by atoms with Crippen LogP contribution < -0.4 is 10.6 Å². The Balaban J connectivity index is 1.86. The molecule has 0 saturated carbocycles. The van der Waals surface area contributed by atoms with E-state index >= 15 is 0 Å². The number of aromatic nitrogens is 2. The second kappa shape index (κ2) is 10.4. The fraction of sp³-hybridized carbons (Fsp3) is 0.160. The van der Waals surface area contributed by atoms with E-state index in [1.165, 1.54) is 47.0 Å². The van der Waals surface area contributed by atoms with Gasteiger partial charge in [0.1, 0.15) is 0 Å². The van der Waals surface area contributed by atoms with E-state index in [4.69, 9.17) is 23.2 Å². The maximum absolute atomic E-state index is 14.2. The summed E-state index contributed by atoms with van der Waals surface area (Å²) in [6.07, 6.45) is -3.45. The predicted molar refractivity (Wildman–Crippen MR) is 137 cm³/mol. The number of alkyl halides is 3. The van der Waals surface area contributed by atoms with Crippen LogP contribution in [0.1, 0.15) is 16.1 Å². The van der Waals surface area contributed by atoms with Gasteiger partial charge in [-0.25, -0.2) is 4.98 Å². The van der Waals surface area contributed by atoms with Crippen molar-refractivity contribution in [3.63, 3.8) is 0 Å². The van der Waals surface area contributed by atoms with Crippen molar-refractivity contribution in [2.45, 2.75) is 6.18 Å². The highest BCUT2D eigenvalue weighted by atomic mass is 35.5. The number of halogens is 5. The topological polar surface area (TPSA) is 78.7 Å². The number of hydrogen-bond donors (Lipinski definition) is 2. The van der Waals surface area contributed by atoms with Gasteiger partial charge in [0.25, 0.3) is 5.91 Å². The van der Waals surface area contributed by atoms with Gasteiger partial charge >= 0.3 is 6.18 Å². The highest BCUT2D eigenvalue weighted by Crippen LogP contribution is 2.41. The lowest BCUT2D eigenvalue weighted by Crippen LogP contribution is -2.27. The number of anilines is 2. The first kappa shape index (κ1) is 26.5. The van der Waals surface area contributed by atoms with Gasteiger partial charge < -0.3 is 15.5 Å². The summed E-state index contributed by atoms with van der Waals surface area (Å²) in [5.74, 6) is -1.11. The van der Waals surface area contributed by atoms with E-state index in [1.807, 2.05) is 0 Å². The number of nitrogens with one attached hydrogen (secondary N) is 2. The molecule has 2 aromatic heterocycles. The average Bonchev–Trinajstić information content (AvgIpc) is 3.20. The number of rotatable bonds is 6. The number of benzene rings is 2. The van der Waals surface area contributed by atoms with E-state index in [2.05, 4.69) is 15.6 Å². The van der Waals surface area contributed by atoms with Crippen molar-refractivity contribution >= 4 is 52.0 Å². The molecule has 0 bridgehead atoms. The molecule has 12 heteroatoms. The number of amides is 2.